The van der Waals surface area contributed by atoms with Gasteiger partial charge in [0.25, 0.3) is 0 Å². The molecule has 0 bridgehead atoms. The Kier molecular flexibility index (Phi) is 10.0. The third-order valence-electron chi connectivity index (χ3n) is 3.80. The van der Waals surface area contributed by atoms with Gasteiger partial charge in [-0.15, -0.1) is 24.0 Å². The van der Waals surface area contributed by atoms with Crippen molar-refractivity contribution in [2.24, 2.45) is 4.99 Å². The zero-order valence-electron chi connectivity index (χ0n) is 15.7. The van der Waals surface area contributed by atoms with Crippen molar-refractivity contribution in [2.45, 2.75) is 33.4 Å². The quantitative estimate of drug-likeness (QED) is 0.336. The summed E-state index contributed by atoms with van der Waals surface area (Å²) < 4.78 is 31.9. The molecule has 1 heterocycles. The average molecular weight is 493 g/mol. The van der Waals surface area contributed by atoms with Crippen molar-refractivity contribution in [2.75, 3.05) is 20.2 Å². The number of nitrogens with one attached hydrogen (secondary N) is 2. The summed E-state index contributed by atoms with van der Waals surface area (Å²) in [5.41, 5.74) is 2.27. The highest BCUT2D eigenvalue weighted by atomic mass is 127. The number of hydrogen-bond donors (Lipinski definition) is 2. The van der Waals surface area contributed by atoms with Crippen LogP contribution in [0, 0.1) is 6.92 Å². The highest BCUT2D eigenvalue weighted by Crippen LogP contribution is 2.19. The number of hydrogen-bond acceptors (Lipinski definition) is 3. The predicted octanol–water partition coefficient (Wildman–Crippen LogP) is 3.51. The lowest BCUT2D eigenvalue weighted by Gasteiger charge is -2.13. The highest BCUT2D eigenvalue weighted by Gasteiger charge is 2.11. The molecule has 9 heteroatoms. The largest absolute Gasteiger partial charge is 0.496 e. The van der Waals surface area contributed by atoms with Gasteiger partial charge in [-0.05, 0) is 31.9 Å². The number of aryl methyl sites for hydroxylation is 1. The lowest BCUT2D eigenvalue weighted by atomic mass is 10.1. The Morgan fingerprint density at radius 1 is 1.33 bits per heavy atom. The van der Waals surface area contributed by atoms with Crippen molar-refractivity contribution >= 4 is 29.9 Å². The first kappa shape index (κ1) is 23.1. The van der Waals surface area contributed by atoms with Gasteiger partial charge in [0.2, 0.25) is 0 Å². The smallest absolute Gasteiger partial charge is 0.319 e. The van der Waals surface area contributed by atoms with E-state index in [-0.39, 0.29) is 36.3 Å². The molecule has 0 spiro atoms. The summed E-state index contributed by atoms with van der Waals surface area (Å²) in [4.78, 5) is 8.27. The van der Waals surface area contributed by atoms with Crippen molar-refractivity contribution in [1.82, 2.24) is 20.2 Å². The summed E-state index contributed by atoms with van der Waals surface area (Å²) in [5.74, 6) is 1.62. The number of benzene rings is 1. The van der Waals surface area contributed by atoms with Gasteiger partial charge in [-0.3, -0.25) is 4.57 Å². The lowest BCUT2D eigenvalue weighted by molar-refractivity contribution is 0.0671. The van der Waals surface area contributed by atoms with E-state index in [2.05, 4.69) is 26.7 Å². The number of ether oxygens (including phenoxy) is 1. The fraction of sp³-hybridized carbons (Fsp3) is 0.444. The van der Waals surface area contributed by atoms with Crippen LogP contribution in [0.3, 0.4) is 0 Å². The van der Waals surface area contributed by atoms with E-state index in [4.69, 9.17) is 4.74 Å². The number of nitrogens with zero attached hydrogens (tertiary/aromatic N) is 3. The predicted molar refractivity (Wildman–Crippen MR) is 113 cm³/mol. The third-order valence-corrected chi connectivity index (χ3v) is 3.80. The van der Waals surface area contributed by atoms with Crippen molar-refractivity contribution in [3.05, 3.63) is 47.5 Å². The fourth-order valence-electron chi connectivity index (χ4n) is 2.55. The van der Waals surface area contributed by atoms with Crippen molar-refractivity contribution in [1.29, 1.82) is 0 Å². The van der Waals surface area contributed by atoms with Crippen LogP contribution in [0.5, 0.6) is 5.75 Å². The maximum Gasteiger partial charge on any atom is 0.319 e. The minimum Gasteiger partial charge on any atom is -0.496 e. The number of aliphatic imine (C=N–C) groups is 1. The van der Waals surface area contributed by atoms with Gasteiger partial charge >= 0.3 is 6.55 Å². The summed E-state index contributed by atoms with van der Waals surface area (Å²) in [6, 6.07) is 6.05. The third kappa shape index (κ3) is 6.96. The van der Waals surface area contributed by atoms with Crippen molar-refractivity contribution in [3.8, 4) is 5.75 Å². The first-order valence-corrected chi connectivity index (χ1v) is 8.50. The van der Waals surface area contributed by atoms with E-state index in [1.165, 1.54) is 18.0 Å². The number of methoxy groups -OCH3 is 1. The monoisotopic (exact) mass is 493 g/mol. The standard InChI is InChI=1S/C18H25F2N5O.HI/c1-4-21-18(24-12-16-22-9-10-25(16)17(19)20)23-8-7-14-11-13(2)5-6-15(14)26-3;/h5-6,9-11,17H,4,7-8,12H2,1-3H3,(H2,21,23,24);1H. The summed E-state index contributed by atoms with van der Waals surface area (Å²) in [6.45, 7) is 2.73. The van der Waals surface area contributed by atoms with Crippen molar-refractivity contribution in [3.63, 3.8) is 0 Å². The van der Waals surface area contributed by atoms with Gasteiger partial charge in [0.1, 0.15) is 18.1 Å². The molecule has 0 aliphatic carbocycles. The van der Waals surface area contributed by atoms with Gasteiger partial charge in [0.05, 0.1) is 7.11 Å². The van der Waals surface area contributed by atoms with Gasteiger partial charge in [0, 0.05) is 25.5 Å². The lowest BCUT2D eigenvalue weighted by Crippen LogP contribution is -2.38. The molecule has 150 valence electrons. The Bertz CT molecular complexity index is 736. The molecule has 2 rings (SSSR count). The molecule has 2 aromatic rings. The molecule has 0 saturated carbocycles. The van der Waals surface area contributed by atoms with Crippen LogP contribution in [0.15, 0.2) is 35.6 Å². The van der Waals surface area contributed by atoms with Crippen molar-refractivity contribution < 1.29 is 13.5 Å². The molecule has 0 amide bonds. The van der Waals surface area contributed by atoms with Crippen LogP contribution in [0.25, 0.3) is 0 Å². The van der Waals surface area contributed by atoms with Crippen LogP contribution in [0.4, 0.5) is 8.78 Å². The molecule has 2 N–H and O–H groups in total. The second kappa shape index (κ2) is 11.7. The van der Waals surface area contributed by atoms with Gasteiger partial charge in [-0.25, -0.2) is 9.98 Å². The van der Waals surface area contributed by atoms with Gasteiger partial charge < -0.3 is 15.4 Å². The van der Waals surface area contributed by atoms with Crippen LogP contribution in [0.1, 0.15) is 30.4 Å². The Hall–Kier alpha value is -1.91. The normalized spacial score (nSPS) is 11.3. The van der Waals surface area contributed by atoms with E-state index in [1.807, 2.05) is 26.0 Å². The molecule has 27 heavy (non-hydrogen) atoms. The number of halogens is 3. The molecular formula is C18H26F2IN5O. The molecule has 6 nitrogen and oxygen atoms in total. The second-order valence-corrected chi connectivity index (χ2v) is 5.72. The van der Waals surface area contributed by atoms with E-state index < -0.39 is 6.55 Å². The maximum absolute atomic E-state index is 12.9. The van der Waals surface area contributed by atoms with Gasteiger partial charge in [-0.1, -0.05) is 17.7 Å². The first-order valence-electron chi connectivity index (χ1n) is 8.50. The summed E-state index contributed by atoms with van der Waals surface area (Å²) in [6.07, 6.45) is 3.35. The SMILES string of the molecule is CCNC(=NCc1nccn1C(F)F)NCCc1cc(C)ccc1OC.I. The van der Waals surface area contributed by atoms with Crippen LogP contribution < -0.4 is 15.4 Å². The number of imidazole rings is 1. The molecule has 0 aliphatic heterocycles. The molecule has 0 aliphatic rings. The summed E-state index contributed by atoms with van der Waals surface area (Å²) >= 11 is 0. The van der Waals surface area contributed by atoms with Crippen LogP contribution in [-0.4, -0.2) is 35.7 Å². The van der Waals surface area contributed by atoms with E-state index in [1.54, 1.807) is 7.11 Å². The zero-order chi connectivity index (χ0) is 18.9. The minimum absolute atomic E-state index is 0. The van der Waals surface area contributed by atoms with E-state index >= 15 is 0 Å². The number of aromatic nitrogens is 2. The molecule has 0 atom stereocenters. The Morgan fingerprint density at radius 2 is 2.11 bits per heavy atom. The summed E-state index contributed by atoms with van der Waals surface area (Å²) in [7, 11) is 1.65. The topological polar surface area (TPSA) is 63.5 Å². The average Bonchev–Trinajstić information content (AvgIpc) is 3.09. The zero-order valence-corrected chi connectivity index (χ0v) is 18.0. The first-order chi connectivity index (χ1) is 12.5. The van der Waals surface area contributed by atoms with Crippen LogP contribution in [0.2, 0.25) is 0 Å². The molecule has 0 fully saturated rings. The minimum atomic E-state index is -2.62. The summed E-state index contributed by atoms with van der Waals surface area (Å²) in [5, 5.41) is 6.31. The maximum atomic E-state index is 12.9. The Labute approximate surface area is 175 Å². The van der Waals surface area contributed by atoms with Crippen LogP contribution >= 0.6 is 24.0 Å². The van der Waals surface area contributed by atoms with E-state index in [9.17, 15) is 8.78 Å². The molecule has 1 aromatic heterocycles. The molecule has 1 aromatic carbocycles. The number of rotatable bonds is 8. The van der Waals surface area contributed by atoms with Crippen LogP contribution in [-0.2, 0) is 13.0 Å². The second-order valence-electron chi connectivity index (χ2n) is 5.72. The van der Waals surface area contributed by atoms with E-state index in [0.29, 0.717) is 19.0 Å². The molecule has 0 saturated heterocycles. The fourth-order valence-corrected chi connectivity index (χ4v) is 2.55. The Balaban J connectivity index is 0.00000364. The Morgan fingerprint density at radius 3 is 2.78 bits per heavy atom. The number of alkyl halides is 2. The van der Waals surface area contributed by atoms with Gasteiger partial charge in [-0.2, -0.15) is 8.78 Å². The molecule has 0 radical (unpaired) electrons. The molecular weight excluding hydrogens is 467 g/mol. The van der Waals surface area contributed by atoms with E-state index in [0.717, 1.165) is 22.3 Å². The molecule has 0 unspecified atom stereocenters. The highest BCUT2D eigenvalue weighted by molar-refractivity contribution is 14.0. The number of guanidine groups is 1. The van der Waals surface area contributed by atoms with Gasteiger partial charge in [0.15, 0.2) is 5.96 Å².